The predicted molar refractivity (Wildman–Crippen MR) is 54.4 cm³/mol. The van der Waals surface area contributed by atoms with Gasteiger partial charge in [-0.05, 0) is 18.6 Å². The van der Waals surface area contributed by atoms with Gasteiger partial charge in [0, 0.05) is 22.8 Å². The van der Waals surface area contributed by atoms with Gasteiger partial charge >= 0.3 is 5.97 Å². The Morgan fingerprint density at radius 3 is 2.86 bits per heavy atom. The maximum absolute atomic E-state index is 10.9. The highest BCUT2D eigenvalue weighted by Gasteiger charge is 2.13. The summed E-state index contributed by atoms with van der Waals surface area (Å²) in [6.07, 6.45) is 1.46. The van der Waals surface area contributed by atoms with Crippen LogP contribution in [-0.4, -0.2) is 16.1 Å². The van der Waals surface area contributed by atoms with Gasteiger partial charge in [-0.1, -0.05) is 6.07 Å². The third kappa shape index (κ3) is 1.04. The van der Waals surface area contributed by atoms with Crippen LogP contribution in [0.1, 0.15) is 15.9 Å². The molecule has 0 aliphatic rings. The van der Waals surface area contributed by atoms with Crippen LogP contribution in [0.3, 0.4) is 0 Å². The van der Waals surface area contributed by atoms with Crippen LogP contribution in [0.25, 0.3) is 10.9 Å². The van der Waals surface area contributed by atoms with Gasteiger partial charge in [-0.25, -0.2) is 4.79 Å². The molecule has 1 aromatic carbocycles. The lowest BCUT2D eigenvalue weighted by molar-refractivity contribution is 0.0699. The fraction of sp³-hybridized carbons (Fsp3) is 0.100. The van der Waals surface area contributed by atoms with Crippen LogP contribution in [0.5, 0.6) is 0 Å². The lowest BCUT2D eigenvalue weighted by Gasteiger charge is -2.01. The Bertz CT molecular complexity index is 514. The zero-order valence-corrected chi connectivity index (χ0v) is 7.66. The summed E-state index contributed by atoms with van der Waals surface area (Å²) in [6, 6.07) is 3.69. The molecular weight excluding hydrogens is 180 g/mol. The fourth-order valence-electron chi connectivity index (χ4n) is 1.52. The first kappa shape index (κ1) is 8.62. The number of nitrogens with one attached hydrogen (secondary N) is 1. The van der Waals surface area contributed by atoms with E-state index in [0.717, 1.165) is 11.1 Å². The first-order valence-electron chi connectivity index (χ1n) is 4.20. The Morgan fingerprint density at radius 1 is 1.50 bits per heavy atom. The number of carboxylic acids is 1. The van der Waals surface area contributed by atoms with Crippen molar-refractivity contribution < 1.29 is 9.90 Å². The maximum atomic E-state index is 10.9. The standard InChI is InChI=1S/C10H10N2O2/c1-5-2-3-7-8(9(5)11)6(4-12-7)10(13)14/h2-4,12H,11H2,1H3,(H,13,14). The molecule has 0 fully saturated rings. The van der Waals surface area contributed by atoms with Crippen LogP contribution < -0.4 is 5.73 Å². The minimum absolute atomic E-state index is 0.223. The molecule has 4 N–H and O–H groups in total. The number of rotatable bonds is 1. The minimum atomic E-state index is -0.964. The molecule has 0 aliphatic heterocycles. The Balaban J connectivity index is 2.89. The van der Waals surface area contributed by atoms with E-state index in [1.807, 2.05) is 19.1 Å². The zero-order valence-electron chi connectivity index (χ0n) is 7.66. The number of carbonyl (C=O) groups is 1. The molecule has 1 heterocycles. The Kier molecular flexibility index (Phi) is 1.70. The fourth-order valence-corrected chi connectivity index (χ4v) is 1.52. The van der Waals surface area contributed by atoms with E-state index in [1.165, 1.54) is 6.20 Å². The van der Waals surface area contributed by atoms with Crippen LogP contribution in [0.15, 0.2) is 18.3 Å². The van der Waals surface area contributed by atoms with E-state index in [2.05, 4.69) is 4.98 Å². The first-order chi connectivity index (χ1) is 6.61. The number of nitrogen functional groups attached to an aromatic ring is 1. The Labute approximate surface area is 80.3 Å². The molecule has 0 atom stereocenters. The topological polar surface area (TPSA) is 79.1 Å². The van der Waals surface area contributed by atoms with Crippen molar-refractivity contribution in [3.63, 3.8) is 0 Å². The van der Waals surface area contributed by atoms with E-state index >= 15 is 0 Å². The van der Waals surface area contributed by atoms with Crippen molar-refractivity contribution in [3.05, 3.63) is 29.5 Å². The maximum Gasteiger partial charge on any atom is 0.337 e. The van der Waals surface area contributed by atoms with Gasteiger partial charge in [-0.15, -0.1) is 0 Å². The zero-order chi connectivity index (χ0) is 10.3. The number of aromatic amines is 1. The van der Waals surface area contributed by atoms with Gasteiger partial charge in [0.15, 0.2) is 0 Å². The summed E-state index contributed by atoms with van der Waals surface area (Å²) in [7, 11) is 0. The van der Waals surface area contributed by atoms with Crippen LogP contribution >= 0.6 is 0 Å². The molecule has 0 saturated carbocycles. The van der Waals surface area contributed by atoms with Crippen molar-refractivity contribution >= 4 is 22.6 Å². The van der Waals surface area contributed by atoms with E-state index in [9.17, 15) is 4.79 Å². The molecule has 4 nitrogen and oxygen atoms in total. The second-order valence-corrected chi connectivity index (χ2v) is 3.23. The van der Waals surface area contributed by atoms with E-state index in [4.69, 9.17) is 10.8 Å². The van der Waals surface area contributed by atoms with E-state index < -0.39 is 5.97 Å². The molecule has 2 aromatic rings. The van der Waals surface area contributed by atoms with Crippen molar-refractivity contribution in [1.29, 1.82) is 0 Å². The van der Waals surface area contributed by atoms with Gasteiger partial charge in [0.25, 0.3) is 0 Å². The second-order valence-electron chi connectivity index (χ2n) is 3.23. The number of aromatic nitrogens is 1. The summed E-state index contributed by atoms with van der Waals surface area (Å²) in [4.78, 5) is 13.7. The van der Waals surface area contributed by atoms with Gasteiger partial charge in [-0.3, -0.25) is 0 Å². The monoisotopic (exact) mass is 190 g/mol. The molecule has 0 spiro atoms. The number of hydrogen-bond acceptors (Lipinski definition) is 2. The summed E-state index contributed by atoms with van der Waals surface area (Å²) in [6.45, 7) is 1.85. The van der Waals surface area contributed by atoms with E-state index in [0.29, 0.717) is 11.1 Å². The summed E-state index contributed by atoms with van der Waals surface area (Å²) >= 11 is 0. The van der Waals surface area contributed by atoms with E-state index in [-0.39, 0.29) is 5.56 Å². The number of aromatic carboxylic acids is 1. The number of nitrogens with two attached hydrogens (primary N) is 1. The van der Waals surface area contributed by atoms with Crippen LogP contribution in [0.2, 0.25) is 0 Å². The summed E-state index contributed by atoms with van der Waals surface area (Å²) in [5.74, 6) is -0.964. The van der Waals surface area contributed by atoms with Gasteiger partial charge in [0.1, 0.15) is 0 Å². The van der Waals surface area contributed by atoms with Crippen LogP contribution in [-0.2, 0) is 0 Å². The highest BCUT2D eigenvalue weighted by atomic mass is 16.4. The van der Waals surface area contributed by atoms with Crippen molar-refractivity contribution in [2.75, 3.05) is 5.73 Å². The Hall–Kier alpha value is -1.97. The highest BCUT2D eigenvalue weighted by Crippen LogP contribution is 2.27. The lowest BCUT2D eigenvalue weighted by Crippen LogP contribution is -1.97. The SMILES string of the molecule is Cc1ccc2[nH]cc(C(=O)O)c2c1N. The van der Waals surface area contributed by atoms with Crippen LogP contribution in [0, 0.1) is 6.92 Å². The molecule has 14 heavy (non-hydrogen) atoms. The molecule has 72 valence electrons. The highest BCUT2D eigenvalue weighted by molar-refractivity contribution is 6.08. The Morgan fingerprint density at radius 2 is 2.21 bits per heavy atom. The third-order valence-electron chi connectivity index (χ3n) is 2.34. The number of aryl methyl sites for hydroxylation is 1. The normalized spacial score (nSPS) is 10.6. The van der Waals surface area contributed by atoms with Crippen LogP contribution in [0.4, 0.5) is 5.69 Å². The van der Waals surface area contributed by atoms with Gasteiger partial charge < -0.3 is 15.8 Å². The van der Waals surface area contributed by atoms with Crippen molar-refractivity contribution in [3.8, 4) is 0 Å². The molecule has 0 unspecified atom stereocenters. The average Bonchev–Trinajstić information content (AvgIpc) is 2.55. The molecule has 4 heteroatoms. The van der Waals surface area contributed by atoms with Crippen molar-refractivity contribution in [1.82, 2.24) is 4.98 Å². The molecule has 0 aliphatic carbocycles. The summed E-state index contributed by atoms with van der Waals surface area (Å²) in [5, 5.41) is 9.51. The van der Waals surface area contributed by atoms with E-state index in [1.54, 1.807) is 0 Å². The smallest absolute Gasteiger partial charge is 0.337 e. The molecule has 0 bridgehead atoms. The summed E-state index contributed by atoms with van der Waals surface area (Å²) in [5.41, 5.74) is 8.21. The quantitative estimate of drug-likeness (QED) is 0.599. The largest absolute Gasteiger partial charge is 0.478 e. The average molecular weight is 190 g/mol. The second kappa shape index (κ2) is 2.77. The van der Waals surface area contributed by atoms with Gasteiger partial charge in [-0.2, -0.15) is 0 Å². The number of H-pyrrole nitrogens is 1. The molecule has 0 saturated heterocycles. The molecule has 2 rings (SSSR count). The van der Waals surface area contributed by atoms with Crippen molar-refractivity contribution in [2.24, 2.45) is 0 Å². The number of hydrogen-bond donors (Lipinski definition) is 3. The lowest BCUT2D eigenvalue weighted by atomic mass is 10.1. The number of anilines is 1. The van der Waals surface area contributed by atoms with Gasteiger partial charge in [0.2, 0.25) is 0 Å². The minimum Gasteiger partial charge on any atom is -0.478 e. The number of benzene rings is 1. The first-order valence-corrected chi connectivity index (χ1v) is 4.20. The third-order valence-corrected chi connectivity index (χ3v) is 2.34. The molecular formula is C10H10N2O2. The number of carboxylic acid groups (broad SMARTS) is 1. The molecule has 1 aromatic heterocycles. The summed E-state index contributed by atoms with van der Waals surface area (Å²) < 4.78 is 0. The van der Waals surface area contributed by atoms with Crippen molar-refractivity contribution in [2.45, 2.75) is 6.92 Å². The van der Waals surface area contributed by atoms with Gasteiger partial charge in [0.05, 0.1) is 5.56 Å². The molecule has 0 radical (unpaired) electrons. The molecule has 0 amide bonds. The number of fused-ring (bicyclic) bond motifs is 1. The predicted octanol–water partition coefficient (Wildman–Crippen LogP) is 1.76.